The second-order valence-corrected chi connectivity index (χ2v) is 5.49. The Balaban J connectivity index is 1.80. The molecule has 0 saturated heterocycles. The molecule has 5 nitrogen and oxygen atoms in total. The van der Waals surface area contributed by atoms with E-state index in [4.69, 9.17) is 14.2 Å². The lowest BCUT2D eigenvalue weighted by Crippen LogP contribution is -2.05. The van der Waals surface area contributed by atoms with Gasteiger partial charge in [0.15, 0.2) is 5.70 Å². The number of carbonyl (C=O) groups excluding carboxylic acids is 1. The predicted octanol–water partition coefficient (Wildman–Crippen LogP) is 3.83. The van der Waals surface area contributed by atoms with E-state index in [1.54, 1.807) is 19.3 Å². The molecule has 0 spiro atoms. The van der Waals surface area contributed by atoms with Gasteiger partial charge >= 0.3 is 5.97 Å². The molecule has 128 valence electrons. The number of aliphatic imine (C=N–C) groups is 1. The molecule has 0 aliphatic carbocycles. The maximum atomic E-state index is 12.1. The number of esters is 1. The van der Waals surface area contributed by atoms with E-state index in [2.05, 4.69) is 11.9 Å². The summed E-state index contributed by atoms with van der Waals surface area (Å²) in [5.41, 5.74) is 1.81. The van der Waals surface area contributed by atoms with Gasteiger partial charge in [0.1, 0.15) is 11.5 Å². The van der Waals surface area contributed by atoms with Crippen molar-refractivity contribution in [2.45, 2.75) is 13.3 Å². The standard InChI is InChI=1S/C20H19NO4/c1-3-11-24-16-9-7-14(8-10-16)12-18-20(22)25-19(21-18)15-5-4-6-17(13-15)23-2/h4-10,12-13H,3,11H2,1-2H3/b18-12-. The van der Waals surface area contributed by atoms with Crippen molar-refractivity contribution in [3.05, 3.63) is 65.4 Å². The number of rotatable bonds is 6. The number of cyclic esters (lactones) is 1. The predicted molar refractivity (Wildman–Crippen MR) is 95.8 cm³/mol. The molecule has 1 aliphatic heterocycles. The Bertz CT molecular complexity index is 822. The van der Waals surface area contributed by atoms with E-state index in [0.717, 1.165) is 17.7 Å². The molecule has 5 heteroatoms. The molecule has 2 aromatic rings. The highest BCUT2D eigenvalue weighted by atomic mass is 16.6. The number of carbonyl (C=O) groups is 1. The molecular formula is C20H19NO4. The summed E-state index contributed by atoms with van der Waals surface area (Å²) in [6.45, 7) is 2.74. The first-order chi connectivity index (χ1) is 12.2. The molecular weight excluding hydrogens is 318 g/mol. The van der Waals surface area contributed by atoms with Crippen molar-refractivity contribution in [2.75, 3.05) is 13.7 Å². The van der Waals surface area contributed by atoms with Gasteiger partial charge in [0, 0.05) is 5.56 Å². The zero-order valence-electron chi connectivity index (χ0n) is 14.2. The van der Waals surface area contributed by atoms with E-state index in [-0.39, 0.29) is 11.6 Å². The van der Waals surface area contributed by atoms with Gasteiger partial charge in [-0.05, 0) is 48.4 Å². The monoisotopic (exact) mass is 337 g/mol. The molecule has 0 atom stereocenters. The fraction of sp³-hybridized carbons (Fsp3) is 0.200. The van der Waals surface area contributed by atoms with Crippen molar-refractivity contribution < 1.29 is 19.0 Å². The first-order valence-corrected chi connectivity index (χ1v) is 8.09. The number of hydrogen-bond donors (Lipinski definition) is 0. The van der Waals surface area contributed by atoms with Crippen molar-refractivity contribution in [3.63, 3.8) is 0 Å². The molecule has 0 unspecified atom stereocenters. The minimum absolute atomic E-state index is 0.264. The van der Waals surface area contributed by atoms with Gasteiger partial charge in [-0.3, -0.25) is 0 Å². The molecule has 0 fully saturated rings. The Morgan fingerprint density at radius 2 is 1.92 bits per heavy atom. The van der Waals surface area contributed by atoms with Crippen LogP contribution in [-0.2, 0) is 9.53 Å². The smallest absolute Gasteiger partial charge is 0.363 e. The normalized spacial score (nSPS) is 15.0. The molecule has 2 aromatic carbocycles. The number of hydrogen-bond acceptors (Lipinski definition) is 5. The van der Waals surface area contributed by atoms with Crippen molar-refractivity contribution in [1.82, 2.24) is 0 Å². The van der Waals surface area contributed by atoms with Crippen LogP contribution < -0.4 is 9.47 Å². The van der Waals surface area contributed by atoms with Crippen LogP contribution in [0.2, 0.25) is 0 Å². The topological polar surface area (TPSA) is 57.1 Å². The Labute approximate surface area is 146 Å². The van der Waals surface area contributed by atoms with Crippen LogP contribution in [0.4, 0.5) is 0 Å². The number of benzene rings is 2. The minimum atomic E-state index is -0.468. The average Bonchev–Trinajstić information content (AvgIpc) is 3.02. The van der Waals surface area contributed by atoms with Gasteiger partial charge < -0.3 is 14.2 Å². The van der Waals surface area contributed by atoms with Gasteiger partial charge in [0.05, 0.1) is 13.7 Å². The highest BCUT2D eigenvalue weighted by molar-refractivity contribution is 6.12. The van der Waals surface area contributed by atoms with Crippen LogP contribution in [-0.4, -0.2) is 25.6 Å². The maximum absolute atomic E-state index is 12.1. The van der Waals surface area contributed by atoms with E-state index in [1.807, 2.05) is 42.5 Å². The first-order valence-electron chi connectivity index (χ1n) is 8.09. The Hall–Kier alpha value is -3.08. The SMILES string of the molecule is CCCOc1ccc(/C=C2\N=C(c3cccc(OC)c3)OC2=O)cc1. The van der Waals surface area contributed by atoms with Crippen LogP contribution in [0.5, 0.6) is 11.5 Å². The molecule has 0 bridgehead atoms. The molecule has 0 aromatic heterocycles. The lowest BCUT2D eigenvalue weighted by Gasteiger charge is -2.04. The molecule has 0 radical (unpaired) electrons. The van der Waals surface area contributed by atoms with E-state index in [1.165, 1.54) is 0 Å². The van der Waals surface area contributed by atoms with E-state index in [0.29, 0.717) is 17.9 Å². The maximum Gasteiger partial charge on any atom is 0.363 e. The largest absolute Gasteiger partial charge is 0.497 e. The van der Waals surface area contributed by atoms with Gasteiger partial charge in [-0.1, -0.05) is 25.1 Å². The van der Waals surface area contributed by atoms with Crippen LogP contribution >= 0.6 is 0 Å². The summed E-state index contributed by atoms with van der Waals surface area (Å²) in [7, 11) is 1.58. The summed E-state index contributed by atoms with van der Waals surface area (Å²) in [5, 5.41) is 0. The van der Waals surface area contributed by atoms with Crippen LogP contribution in [0.15, 0.2) is 59.2 Å². The summed E-state index contributed by atoms with van der Waals surface area (Å²) in [4.78, 5) is 16.4. The second kappa shape index (κ2) is 7.66. The lowest BCUT2D eigenvalue weighted by molar-refractivity contribution is -0.129. The van der Waals surface area contributed by atoms with Gasteiger partial charge in [0.25, 0.3) is 0 Å². The quantitative estimate of drug-likeness (QED) is 0.594. The molecule has 0 amide bonds. The lowest BCUT2D eigenvalue weighted by atomic mass is 10.2. The Kier molecular flexibility index (Phi) is 5.14. The Morgan fingerprint density at radius 3 is 2.64 bits per heavy atom. The van der Waals surface area contributed by atoms with Crippen LogP contribution in [0.25, 0.3) is 6.08 Å². The zero-order chi connectivity index (χ0) is 17.6. The zero-order valence-corrected chi connectivity index (χ0v) is 14.2. The first kappa shape index (κ1) is 16.8. The molecule has 0 N–H and O–H groups in total. The van der Waals surface area contributed by atoms with E-state index >= 15 is 0 Å². The van der Waals surface area contributed by atoms with Crippen LogP contribution in [0, 0.1) is 0 Å². The fourth-order valence-corrected chi connectivity index (χ4v) is 2.33. The molecule has 1 heterocycles. The second-order valence-electron chi connectivity index (χ2n) is 5.49. The van der Waals surface area contributed by atoms with Crippen molar-refractivity contribution >= 4 is 17.9 Å². The average molecular weight is 337 g/mol. The van der Waals surface area contributed by atoms with Crippen LogP contribution in [0.3, 0.4) is 0 Å². The summed E-state index contributed by atoms with van der Waals surface area (Å²) in [5.74, 6) is 1.29. The van der Waals surface area contributed by atoms with E-state index < -0.39 is 5.97 Å². The molecule has 1 aliphatic rings. The third kappa shape index (κ3) is 4.07. The van der Waals surface area contributed by atoms with Gasteiger partial charge in [0.2, 0.25) is 5.90 Å². The number of methoxy groups -OCH3 is 1. The minimum Gasteiger partial charge on any atom is -0.497 e. The molecule has 0 saturated carbocycles. The summed E-state index contributed by atoms with van der Waals surface area (Å²) in [6, 6.07) is 14.7. The van der Waals surface area contributed by atoms with Gasteiger partial charge in [-0.2, -0.15) is 0 Å². The summed E-state index contributed by atoms with van der Waals surface area (Å²) >= 11 is 0. The highest BCUT2D eigenvalue weighted by Crippen LogP contribution is 2.22. The Morgan fingerprint density at radius 1 is 1.12 bits per heavy atom. The van der Waals surface area contributed by atoms with Crippen LogP contribution in [0.1, 0.15) is 24.5 Å². The highest BCUT2D eigenvalue weighted by Gasteiger charge is 2.24. The summed E-state index contributed by atoms with van der Waals surface area (Å²) < 4.78 is 16.0. The van der Waals surface area contributed by atoms with Crippen molar-refractivity contribution in [2.24, 2.45) is 4.99 Å². The van der Waals surface area contributed by atoms with E-state index in [9.17, 15) is 4.79 Å². The van der Waals surface area contributed by atoms with Gasteiger partial charge in [-0.15, -0.1) is 0 Å². The summed E-state index contributed by atoms with van der Waals surface area (Å²) in [6.07, 6.45) is 2.65. The van der Waals surface area contributed by atoms with Crippen molar-refractivity contribution in [3.8, 4) is 11.5 Å². The number of nitrogens with zero attached hydrogens (tertiary/aromatic N) is 1. The number of ether oxygens (including phenoxy) is 3. The molecule has 3 rings (SSSR count). The fourth-order valence-electron chi connectivity index (χ4n) is 2.33. The van der Waals surface area contributed by atoms with Crippen molar-refractivity contribution in [1.29, 1.82) is 0 Å². The third-order valence-corrected chi connectivity index (χ3v) is 3.59. The molecule has 25 heavy (non-hydrogen) atoms. The third-order valence-electron chi connectivity index (χ3n) is 3.59. The van der Waals surface area contributed by atoms with Gasteiger partial charge in [-0.25, -0.2) is 9.79 Å².